The lowest BCUT2D eigenvalue weighted by atomic mass is 9.94. The van der Waals surface area contributed by atoms with E-state index in [1.807, 2.05) is 17.4 Å². The summed E-state index contributed by atoms with van der Waals surface area (Å²) in [7, 11) is 0. The lowest BCUT2D eigenvalue weighted by molar-refractivity contribution is 0.670. The van der Waals surface area contributed by atoms with E-state index in [0.29, 0.717) is 0 Å². The third-order valence-corrected chi connectivity index (χ3v) is 14.0. The van der Waals surface area contributed by atoms with Crippen LogP contribution in [-0.4, -0.2) is 4.57 Å². The molecule has 13 aromatic rings. The van der Waals surface area contributed by atoms with Gasteiger partial charge in [0.1, 0.15) is 11.2 Å². The molecular weight excluding hydrogens is 797 g/mol. The summed E-state index contributed by atoms with van der Waals surface area (Å²) in [6, 6.07) is 83.5. The monoisotopic (exact) mass is 834 g/mol. The number of fused-ring (bicyclic) bond motifs is 9. The van der Waals surface area contributed by atoms with Crippen LogP contribution in [0.1, 0.15) is 0 Å². The van der Waals surface area contributed by atoms with Gasteiger partial charge in [-0.05, 0) is 71.8 Å². The van der Waals surface area contributed by atoms with Crippen LogP contribution in [0.4, 0.5) is 17.1 Å². The number of aromatic nitrogens is 1. The Labute approximate surface area is 373 Å². The average Bonchev–Trinajstić information content (AvgIpc) is 4.05. The molecule has 4 heteroatoms. The highest BCUT2D eigenvalue weighted by Gasteiger charge is 2.26. The van der Waals surface area contributed by atoms with Crippen LogP contribution in [-0.2, 0) is 0 Å². The number of anilines is 3. The zero-order chi connectivity index (χ0) is 42.1. The minimum absolute atomic E-state index is 0.893. The summed E-state index contributed by atoms with van der Waals surface area (Å²) in [6.07, 6.45) is 0. The average molecular weight is 835 g/mol. The van der Waals surface area contributed by atoms with E-state index in [-0.39, 0.29) is 0 Å². The van der Waals surface area contributed by atoms with Gasteiger partial charge in [-0.2, -0.15) is 0 Å². The molecule has 3 aromatic heterocycles. The van der Waals surface area contributed by atoms with Crippen molar-refractivity contribution < 1.29 is 4.42 Å². The number of para-hydroxylation sites is 5. The molecule has 0 spiro atoms. The van der Waals surface area contributed by atoms with Gasteiger partial charge in [0.15, 0.2) is 0 Å². The lowest BCUT2D eigenvalue weighted by Gasteiger charge is -2.31. The standard InChI is InChI=1S/C60H38N2OS/c1-3-18-39(19-4-1)50-38-40(42-26-15-27-46-44-23-9-13-34-56(44)63-59(42)46)36-37-53(50)62(51-30-11-7-22-43(51)47-28-16-29-48-45-24-10-14-35-57(45)64-60(47)48)55-33-17-32-54-58(55)49-25-8-12-31-52(49)61(54)41-20-5-2-6-21-41/h1-38H. The number of thiophene rings is 1. The molecular formula is C60H38N2OS. The van der Waals surface area contributed by atoms with E-state index in [9.17, 15) is 0 Å². The summed E-state index contributed by atoms with van der Waals surface area (Å²) >= 11 is 1.87. The second kappa shape index (κ2) is 14.7. The van der Waals surface area contributed by atoms with Crippen molar-refractivity contribution >= 4 is 92.3 Å². The van der Waals surface area contributed by atoms with Crippen LogP contribution in [0.2, 0.25) is 0 Å². The molecule has 64 heavy (non-hydrogen) atoms. The van der Waals surface area contributed by atoms with Crippen LogP contribution in [0.3, 0.4) is 0 Å². The predicted octanol–water partition coefficient (Wildman–Crippen LogP) is 17.5. The van der Waals surface area contributed by atoms with Crippen LogP contribution in [0.5, 0.6) is 0 Å². The summed E-state index contributed by atoms with van der Waals surface area (Å²) < 4.78 is 11.6. The molecule has 0 radical (unpaired) electrons. The van der Waals surface area contributed by atoms with Crippen LogP contribution < -0.4 is 4.90 Å². The zero-order valence-electron chi connectivity index (χ0n) is 34.7. The van der Waals surface area contributed by atoms with E-state index >= 15 is 0 Å². The number of furan rings is 1. The predicted molar refractivity (Wildman–Crippen MR) is 272 cm³/mol. The molecule has 3 heterocycles. The third-order valence-electron chi connectivity index (χ3n) is 12.8. The summed E-state index contributed by atoms with van der Waals surface area (Å²) in [5.41, 5.74) is 15.3. The first-order valence-corrected chi connectivity index (χ1v) is 22.6. The molecule has 0 N–H and O–H groups in total. The van der Waals surface area contributed by atoms with E-state index in [1.165, 1.54) is 42.1 Å². The molecule has 10 aromatic carbocycles. The summed E-state index contributed by atoms with van der Waals surface area (Å²) in [5.74, 6) is 0. The third kappa shape index (κ3) is 5.66. The molecule has 3 nitrogen and oxygen atoms in total. The molecule has 0 amide bonds. The molecule has 0 aliphatic heterocycles. The smallest absolute Gasteiger partial charge is 0.143 e. The van der Waals surface area contributed by atoms with E-state index in [2.05, 4.69) is 234 Å². The van der Waals surface area contributed by atoms with Crippen molar-refractivity contribution in [2.45, 2.75) is 0 Å². The van der Waals surface area contributed by atoms with Crippen molar-refractivity contribution in [3.05, 3.63) is 231 Å². The van der Waals surface area contributed by atoms with Crippen LogP contribution >= 0.6 is 11.3 Å². The highest BCUT2D eigenvalue weighted by Crippen LogP contribution is 2.51. The minimum atomic E-state index is 0.893. The van der Waals surface area contributed by atoms with Gasteiger partial charge in [-0.3, -0.25) is 0 Å². The minimum Gasteiger partial charge on any atom is -0.455 e. The Hall–Kier alpha value is -8.18. The molecule has 0 atom stereocenters. The van der Waals surface area contributed by atoms with Gasteiger partial charge in [0.25, 0.3) is 0 Å². The van der Waals surface area contributed by atoms with Crippen LogP contribution in [0.15, 0.2) is 235 Å². The Kier molecular flexibility index (Phi) is 8.40. The lowest BCUT2D eigenvalue weighted by Crippen LogP contribution is -2.13. The number of hydrogen-bond donors (Lipinski definition) is 0. The Morgan fingerprint density at radius 3 is 1.86 bits per heavy atom. The van der Waals surface area contributed by atoms with Gasteiger partial charge in [-0.25, -0.2) is 0 Å². The van der Waals surface area contributed by atoms with Crippen molar-refractivity contribution in [3.8, 4) is 39.1 Å². The Morgan fingerprint density at radius 1 is 0.375 bits per heavy atom. The Bertz CT molecular complexity index is 3910. The van der Waals surface area contributed by atoms with E-state index in [4.69, 9.17) is 4.42 Å². The highest BCUT2D eigenvalue weighted by atomic mass is 32.1. The van der Waals surface area contributed by atoms with Gasteiger partial charge < -0.3 is 13.9 Å². The molecule has 0 aliphatic rings. The second-order valence-electron chi connectivity index (χ2n) is 16.4. The molecule has 0 aliphatic carbocycles. The molecule has 300 valence electrons. The van der Waals surface area contributed by atoms with Crippen molar-refractivity contribution in [3.63, 3.8) is 0 Å². The Morgan fingerprint density at radius 2 is 0.984 bits per heavy atom. The number of rotatable bonds is 7. The van der Waals surface area contributed by atoms with Crippen molar-refractivity contribution in [1.29, 1.82) is 0 Å². The first-order chi connectivity index (χ1) is 31.8. The fourth-order valence-corrected chi connectivity index (χ4v) is 11.2. The van der Waals surface area contributed by atoms with Gasteiger partial charge in [-0.15, -0.1) is 11.3 Å². The molecule has 13 rings (SSSR count). The maximum atomic E-state index is 6.64. The van der Waals surface area contributed by atoms with Crippen LogP contribution in [0, 0.1) is 0 Å². The number of nitrogens with zero attached hydrogens (tertiary/aromatic N) is 2. The Balaban J connectivity index is 1.13. The van der Waals surface area contributed by atoms with Gasteiger partial charge in [0.05, 0.1) is 28.1 Å². The van der Waals surface area contributed by atoms with Crippen molar-refractivity contribution in [1.82, 2.24) is 4.57 Å². The number of hydrogen-bond acceptors (Lipinski definition) is 3. The van der Waals surface area contributed by atoms with E-state index < -0.39 is 0 Å². The molecule has 0 saturated heterocycles. The maximum Gasteiger partial charge on any atom is 0.143 e. The molecule has 0 fully saturated rings. The molecule has 0 bridgehead atoms. The normalized spacial score (nSPS) is 11.8. The molecule has 0 saturated carbocycles. The zero-order valence-corrected chi connectivity index (χ0v) is 35.5. The fourth-order valence-electron chi connectivity index (χ4n) is 10.0. The fraction of sp³-hybridized carbons (Fsp3) is 0. The molecule has 0 unspecified atom stereocenters. The summed E-state index contributed by atoms with van der Waals surface area (Å²) in [4.78, 5) is 2.53. The van der Waals surface area contributed by atoms with Gasteiger partial charge in [0.2, 0.25) is 0 Å². The highest BCUT2D eigenvalue weighted by molar-refractivity contribution is 7.26. The van der Waals surface area contributed by atoms with Gasteiger partial charge >= 0.3 is 0 Å². The SMILES string of the molecule is c1ccc(-c2cc(-c3cccc4c3oc3ccccc34)ccc2N(c2ccccc2-c2cccc3c2sc2ccccc23)c2cccc3c2c2ccccc2n3-c2ccccc2)cc1. The first-order valence-electron chi connectivity index (χ1n) is 21.8. The largest absolute Gasteiger partial charge is 0.455 e. The summed E-state index contributed by atoms with van der Waals surface area (Å²) in [6.45, 7) is 0. The quantitative estimate of drug-likeness (QED) is 0.159. The number of benzene rings is 10. The van der Waals surface area contributed by atoms with E-state index in [1.54, 1.807) is 0 Å². The first kappa shape index (κ1) is 36.5. The van der Waals surface area contributed by atoms with Crippen LogP contribution in [0.25, 0.3) is 103 Å². The van der Waals surface area contributed by atoms with Crippen molar-refractivity contribution in [2.24, 2.45) is 0 Å². The van der Waals surface area contributed by atoms with Gasteiger partial charge in [-0.1, -0.05) is 170 Å². The van der Waals surface area contributed by atoms with Crippen molar-refractivity contribution in [2.75, 3.05) is 4.90 Å². The maximum absolute atomic E-state index is 6.64. The van der Waals surface area contributed by atoms with E-state index in [0.717, 1.165) is 78.0 Å². The van der Waals surface area contributed by atoms with Gasteiger partial charge in [0, 0.05) is 69.7 Å². The topological polar surface area (TPSA) is 21.3 Å². The second-order valence-corrected chi connectivity index (χ2v) is 17.4. The summed E-state index contributed by atoms with van der Waals surface area (Å²) in [5, 5.41) is 7.19.